The quantitative estimate of drug-likeness (QED) is 0.628. The Kier molecular flexibility index (Phi) is 6.33. The van der Waals surface area contributed by atoms with Gasteiger partial charge in [0.25, 0.3) is 5.91 Å². The number of likely N-dealkylation sites (tertiary alicyclic amines) is 1. The Morgan fingerprint density at radius 3 is 2.36 bits per heavy atom. The van der Waals surface area contributed by atoms with Crippen molar-refractivity contribution in [1.82, 2.24) is 10.2 Å². The molecule has 5 rings (SSSR count). The van der Waals surface area contributed by atoms with Gasteiger partial charge in [-0.25, -0.2) is 0 Å². The first-order valence-corrected chi connectivity index (χ1v) is 11.8. The lowest BCUT2D eigenvalue weighted by Crippen LogP contribution is -2.49. The summed E-state index contributed by atoms with van der Waals surface area (Å²) in [6.07, 6.45) is 2.40. The maximum Gasteiger partial charge on any atom is 0.288 e. The van der Waals surface area contributed by atoms with Gasteiger partial charge in [-0.1, -0.05) is 30.3 Å². The number of rotatable bonds is 7. The molecule has 174 valence electrons. The molecule has 1 fully saturated rings. The summed E-state index contributed by atoms with van der Waals surface area (Å²) >= 11 is 0. The Morgan fingerprint density at radius 2 is 1.67 bits per heavy atom. The van der Waals surface area contributed by atoms with Crippen LogP contribution >= 0.6 is 0 Å². The van der Waals surface area contributed by atoms with Crippen molar-refractivity contribution in [3.63, 3.8) is 0 Å². The van der Waals surface area contributed by atoms with Gasteiger partial charge in [0.15, 0.2) is 11.5 Å². The first-order chi connectivity index (χ1) is 16.1. The average molecular weight is 451 g/mol. The Bertz CT molecular complexity index is 1010. The molecule has 3 aliphatic rings. The van der Waals surface area contributed by atoms with Crippen molar-refractivity contribution in [2.45, 2.75) is 37.8 Å². The number of hydrogen-bond acceptors (Lipinski definition) is 6. The molecule has 0 radical (unpaired) electrons. The summed E-state index contributed by atoms with van der Waals surface area (Å²) in [5.74, 6) is -0.140. The summed E-state index contributed by atoms with van der Waals surface area (Å²) in [5, 5.41) is 14.1. The molecule has 0 aromatic heterocycles. The van der Waals surface area contributed by atoms with E-state index in [-0.39, 0.29) is 5.92 Å². The van der Waals surface area contributed by atoms with Crippen molar-refractivity contribution in [3.05, 3.63) is 59.2 Å². The van der Waals surface area contributed by atoms with Crippen LogP contribution in [0.3, 0.4) is 0 Å². The second kappa shape index (κ2) is 9.53. The molecule has 0 bridgehead atoms. The first-order valence-electron chi connectivity index (χ1n) is 11.8. The lowest BCUT2D eigenvalue weighted by Gasteiger charge is -2.29. The third-order valence-electron chi connectivity index (χ3n) is 6.90. The van der Waals surface area contributed by atoms with Crippen molar-refractivity contribution in [2.24, 2.45) is 5.92 Å². The SMILES string of the molecule is O=C(N[C@H](CN1CCCC1)[C@@H](O)c1ccc2c(c1)OCCO2)C(=O)C1Cc2ccccc2C1. The average Bonchev–Trinajstić information content (AvgIpc) is 3.52. The zero-order valence-electron chi connectivity index (χ0n) is 18.7. The number of carbonyl (C=O) groups excluding carboxylic acids is 2. The molecule has 2 heterocycles. The van der Waals surface area contributed by atoms with Crippen molar-refractivity contribution < 1.29 is 24.2 Å². The number of ketones is 1. The molecule has 0 unspecified atom stereocenters. The van der Waals surface area contributed by atoms with Gasteiger partial charge < -0.3 is 24.8 Å². The highest BCUT2D eigenvalue weighted by atomic mass is 16.6. The Balaban J connectivity index is 1.30. The number of hydrogen-bond donors (Lipinski definition) is 2. The highest BCUT2D eigenvalue weighted by Gasteiger charge is 2.34. The molecule has 7 heteroatoms. The van der Waals surface area contributed by atoms with Crippen LogP contribution in [-0.4, -0.2) is 60.6 Å². The van der Waals surface area contributed by atoms with Gasteiger partial charge in [-0.05, 0) is 67.6 Å². The van der Waals surface area contributed by atoms with Crippen LogP contribution in [0.15, 0.2) is 42.5 Å². The molecule has 7 nitrogen and oxygen atoms in total. The molecule has 0 spiro atoms. The summed E-state index contributed by atoms with van der Waals surface area (Å²) in [6.45, 7) is 3.28. The number of Topliss-reactive ketones (excluding diaryl/α,β-unsaturated/α-hetero) is 1. The van der Waals surface area contributed by atoms with E-state index in [1.165, 1.54) is 0 Å². The second-order valence-corrected chi connectivity index (χ2v) is 9.17. The topological polar surface area (TPSA) is 88.1 Å². The van der Waals surface area contributed by atoms with Crippen molar-refractivity contribution in [1.29, 1.82) is 0 Å². The maximum atomic E-state index is 13.0. The fraction of sp³-hybridized carbons (Fsp3) is 0.462. The molecule has 1 saturated heterocycles. The maximum absolute atomic E-state index is 13.0. The Hall–Kier alpha value is -2.90. The van der Waals surface area contributed by atoms with Gasteiger partial charge in [-0.3, -0.25) is 9.59 Å². The van der Waals surface area contributed by atoms with E-state index in [1.807, 2.05) is 24.3 Å². The first kappa shape index (κ1) is 21.9. The van der Waals surface area contributed by atoms with Crippen molar-refractivity contribution in [2.75, 3.05) is 32.8 Å². The number of nitrogens with zero attached hydrogens (tertiary/aromatic N) is 1. The van der Waals surface area contributed by atoms with Crippen LogP contribution < -0.4 is 14.8 Å². The van der Waals surface area contributed by atoms with E-state index < -0.39 is 23.8 Å². The number of amides is 1. The Morgan fingerprint density at radius 1 is 1.00 bits per heavy atom. The molecule has 2 aromatic carbocycles. The monoisotopic (exact) mass is 450 g/mol. The fourth-order valence-corrected chi connectivity index (χ4v) is 5.11. The predicted molar refractivity (Wildman–Crippen MR) is 122 cm³/mol. The number of aliphatic hydroxyl groups is 1. The van der Waals surface area contributed by atoms with Gasteiger partial charge in [-0.2, -0.15) is 0 Å². The molecule has 33 heavy (non-hydrogen) atoms. The minimum atomic E-state index is -0.973. The van der Waals surface area contributed by atoms with Crippen LogP contribution in [0.5, 0.6) is 11.5 Å². The smallest absolute Gasteiger partial charge is 0.288 e. The normalized spacial score (nSPS) is 19.7. The zero-order valence-corrected chi connectivity index (χ0v) is 18.7. The molecular formula is C26H30N2O5. The van der Waals surface area contributed by atoms with Crippen molar-refractivity contribution in [3.8, 4) is 11.5 Å². The van der Waals surface area contributed by atoms with E-state index in [1.54, 1.807) is 18.2 Å². The highest BCUT2D eigenvalue weighted by molar-refractivity contribution is 6.37. The standard InChI is InChI=1S/C26H30N2O5/c29-24(19-7-8-22-23(15-19)33-12-11-32-22)21(16-28-9-3-4-10-28)27-26(31)25(30)20-13-17-5-1-2-6-18(17)14-20/h1-2,5-8,15,20-21,24,29H,3-4,9-14,16H2,(H,27,31)/t21-,24+/m1/s1. The minimum absolute atomic E-state index is 0.346. The number of nitrogens with one attached hydrogen (secondary N) is 1. The number of aliphatic hydroxyl groups excluding tert-OH is 1. The molecule has 1 amide bonds. The highest BCUT2D eigenvalue weighted by Crippen LogP contribution is 2.34. The fourth-order valence-electron chi connectivity index (χ4n) is 5.11. The van der Waals surface area contributed by atoms with Crippen molar-refractivity contribution >= 4 is 11.7 Å². The largest absolute Gasteiger partial charge is 0.486 e. The van der Waals surface area contributed by atoms with E-state index in [0.29, 0.717) is 49.7 Å². The molecule has 1 aliphatic carbocycles. The van der Waals surface area contributed by atoms with Crippen LogP contribution in [0, 0.1) is 5.92 Å². The lowest BCUT2D eigenvalue weighted by molar-refractivity contribution is -0.141. The molecule has 2 N–H and O–H groups in total. The molecular weight excluding hydrogens is 420 g/mol. The second-order valence-electron chi connectivity index (χ2n) is 9.17. The van der Waals surface area contributed by atoms with Crippen LogP contribution in [-0.2, 0) is 22.4 Å². The summed E-state index contributed by atoms with van der Waals surface area (Å²) < 4.78 is 11.2. The Labute approximate surface area is 193 Å². The summed E-state index contributed by atoms with van der Waals surface area (Å²) in [4.78, 5) is 28.2. The van der Waals surface area contributed by atoms with E-state index in [9.17, 15) is 14.7 Å². The van der Waals surface area contributed by atoms with Gasteiger partial charge in [0.05, 0.1) is 6.04 Å². The lowest BCUT2D eigenvalue weighted by atomic mass is 9.98. The number of carbonyl (C=O) groups is 2. The van der Waals surface area contributed by atoms with E-state index >= 15 is 0 Å². The van der Waals surface area contributed by atoms with Gasteiger partial charge in [-0.15, -0.1) is 0 Å². The van der Waals surface area contributed by atoms with Crippen LogP contribution in [0.1, 0.15) is 35.6 Å². The summed E-state index contributed by atoms with van der Waals surface area (Å²) in [5.41, 5.74) is 2.90. The zero-order chi connectivity index (χ0) is 22.8. The number of ether oxygens (including phenoxy) is 2. The third-order valence-corrected chi connectivity index (χ3v) is 6.90. The van der Waals surface area contributed by atoms with E-state index in [2.05, 4.69) is 10.2 Å². The molecule has 2 atom stereocenters. The number of fused-ring (bicyclic) bond motifs is 2. The van der Waals surface area contributed by atoms with Gasteiger partial charge >= 0.3 is 0 Å². The summed E-state index contributed by atoms with van der Waals surface area (Å²) in [7, 11) is 0. The molecule has 2 aliphatic heterocycles. The predicted octanol–water partition coefficient (Wildman–Crippen LogP) is 2.06. The van der Waals surface area contributed by atoms with Crippen LogP contribution in [0.25, 0.3) is 0 Å². The van der Waals surface area contributed by atoms with Crippen LogP contribution in [0.2, 0.25) is 0 Å². The van der Waals surface area contributed by atoms with E-state index in [4.69, 9.17) is 9.47 Å². The molecule has 0 saturated carbocycles. The van der Waals surface area contributed by atoms with Gasteiger partial charge in [0.2, 0.25) is 5.78 Å². The minimum Gasteiger partial charge on any atom is -0.486 e. The molecule has 2 aromatic rings. The number of benzene rings is 2. The van der Waals surface area contributed by atoms with Crippen LogP contribution in [0.4, 0.5) is 0 Å². The third kappa shape index (κ3) is 4.75. The van der Waals surface area contributed by atoms with E-state index in [0.717, 1.165) is 37.1 Å². The van der Waals surface area contributed by atoms with Gasteiger partial charge in [0, 0.05) is 12.5 Å². The summed E-state index contributed by atoms with van der Waals surface area (Å²) in [6, 6.07) is 12.7. The van der Waals surface area contributed by atoms with Gasteiger partial charge in [0.1, 0.15) is 19.3 Å².